The van der Waals surface area contributed by atoms with Crippen LogP contribution in [0.4, 0.5) is 39.5 Å². The van der Waals surface area contributed by atoms with Gasteiger partial charge in [0.15, 0.2) is 11.0 Å². The van der Waals surface area contributed by atoms with E-state index in [1.165, 1.54) is 0 Å². The van der Waals surface area contributed by atoms with E-state index in [4.69, 9.17) is 4.74 Å². The quantitative estimate of drug-likeness (QED) is 0.506. The molecule has 0 radical (unpaired) electrons. The molecule has 1 fully saturated rings. The molecule has 0 aromatic carbocycles. The minimum atomic E-state index is -5.75. The molecule has 0 heterocycles. The average molecular weight is 402 g/mol. The Hall–Kier alpha value is -1.13. The Morgan fingerprint density at radius 3 is 1.58 bits per heavy atom. The SMILES string of the molecule is C=COC1CC(C(C)(O)C(F)(F)F)CC(C(C)(C(F)(F)F)C(F)(F)F)C1. The van der Waals surface area contributed by atoms with Gasteiger partial charge in [0.05, 0.1) is 12.4 Å². The van der Waals surface area contributed by atoms with Crippen molar-refractivity contribution in [2.75, 3.05) is 0 Å². The minimum absolute atomic E-state index is 0.0761. The molecule has 0 saturated heterocycles. The first-order valence-electron chi connectivity index (χ1n) is 7.58. The summed E-state index contributed by atoms with van der Waals surface area (Å²) in [6.07, 6.45) is -19.8. The van der Waals surface area contributed by atoms with Gasteiger partial charge in [-0.3, -0.25) is 0 Å². The van der Waals surface area contributed by atoms with Crippen LogP contribution in [0.3, 0.4) is 0 Å². The van der Waals surface area contributed by atoms with Crippen LogP contribution in [-0.4, -0.2) is 35.3 Å². The zero-order chi connectivity index (χ0) is 20.8. The number of ether oxygens (including phenoxy) is 1. The molecular weight excluding hydrogens is 383 g/mol. The molecule has 0 aromatic heterocycles. The van der Waals surface area contributed by atoms with Crippen molar-refractivity contribution in [3.8, 4) is 0 Å². The molecule has 0 aliphatic heterocycles. The monoisotopic (exact) mass is 402 g/mol. The Labute approximate surface area is 144 Å². The van der Waals surface area contributed by atoms with Crippen LogP contribution in [0.2, 0.25) is 0 Å². The first-order valence-corrected chi connectivity index (χ1v) is 7.58. The van der Waals surface area contributed by atoms with Crippen LogP contribution in [0.1, 0.15) is 33.1 Å². The van der Waals surface area contributed by atoms with E-state index in [2.05, 4.69) is 6.58 Å². The summed E-state index contributed by atoms with van der Waals surface area (Å²) in [5.74, 6) is -4.17. The molecule has 11 heteroatoms. The number of rotatable bonds is 4. The molecule has 1 rings (SSSR count). The lowest BCUT2D eigenvalue weighted by Gasteiger charge is -2.48. The molecule has 1 aliphatic rings. The van der Waals surface area contributed by atoms with Crippen LogP contribution in [0, 0.1) is 17.3 Å². The summed E-state index contributed by atoms with van der Waals surface area (Å²) in [6, 6.07) is 0. The average Bonchev–Trinajstić information content (AvgIpc) is 2.42. The third-order valence-electron chi connectivity index (χ3n) is 5.32. The van der Waals surface area contributed by atoms with Gasteiger partial charge >= 0.3 is 18.5 Å². The number of hydrogen-bond donors (Lipinski definition) is 1. The minimum Gasteiger partial charge on any atom is -0.499 e. The van der Waals surface area contributed by atoms with Crippen LogP contribution < -0.4 is 0 Å². The highest BCUT2D eigenvalue weighted by Gasteiger charge is 2.72. The second-order valence-electron chi connectivity index (χ2n) is 6.87. The van der Waals surface area contributed by atoms with Crippen LogP contribution in [0.25, 0.3) is 0 Å². The smallest absolute Gasteiger partial charge is 0.417 e. The van der Waals surface area contributed by atoms with E-state index >= 15 is 0 Å². The largest absolute Gasteiger partial charge is 0.499 e. The van der Waals surface area contributed by atoms with Gasteiger partial charge in [-0.1, -0.05) is 6.58 Å². The molecule has 0 amide bonds. The Bertz CT molecular complexity index is 491. The maximum atomic E-state index is 13.3. The third-order valence-corrected chi connectivity index (χ3v) is 5.32. The number of halogens is 9. The summed E-state index contributed by atoms with van der Waals surface area (Å²) >= 11 is 0. The molecule has 4 atom stereocenters. The van der Waals surface area contributed by atoms with Crippen molar-refractivity contribution in [3.05, 3.63) is 12.8 Å². The topological polar surface area (TPSA) is 29.5 Å². The van der Waals surface area contributed by atoms with Gasteiger partial charge in [0, 0.05) is 5.92 Å². The lowest BCUT2D eigenvalue weighted by molar-refractivity contribution is -0.360. The molecule has 0 spiro atoms. The van der Waals surface area contributed by atoms with Gasteiger partial charge in [-0.25, -0.2) is 0 Å². The summed E-state index contributed by atoms with van der Waals surface area (Å²) in [5.41, 5.74) is -7.71. The predicted molar refractivity (Wildman–Crippen MR) is 72.8 cm³/mol. The molecule has 0 aromatic rings. The Morgan fingerprint density at radius 2 is 1.23 bits per heavy atom. The maximum Gasteiger partial charge on any atom is 0.417 e. The van der Waals surface area contributed by atoms with E-state index in [0.29, 0.717) is 6.92 Å². The Balaban J connectivity index is 3.39. The van der Waals surface area contributed by atoms with Gasteiger partial charge < -0.3 is 9.84 Å². The summed E-state index contributed by atoms with van der Waals surface area (Å²) in [6.45, 7) is 3.38. The zero-order valence-corrected chi connectivity index (χ0v) is 13.9. The van der Waals surface area contributed by atoms with E-state index in [1.807, 2.05) is 0 Å². The van der Waals surface area contributed by atoms with Gasteiger partial charge in [-0.15, -0.1) is 0 Å². The highest BCUT2D eigenvalue weighted by Crippen LogP contribution is 2.60. The predicted octanol–water partition coefficient (Wildman–Crippen LogP) is 5.38. The van der Waals surface area contributed by atoms with Crippen molar-refractivity contribution in [3.63, 3.8) is 0 Å². The van der Waals surface area contributed by atoms with Crippen molar-refractivity contribution in [2.45, 2.75) is 63.3 Å². The lowest BCUT2D eigenvalue weighted by atomic mass is 9.62. The van der Waals surface area contributed by atoms with Gasteiger partial charge in [0.1, 0.15) is 0 Å². The zero-order valence-electron chi connectivity index (χ0n) is 13.9. The fourth-order valence-electron chi connectivity index (χ4n) is 3.30. The van der Waals surface area contributed by atoms with Crippen molar-refractivity contribution in [2.24, 2.45) is 17.3 Å². The van der Waals surface area contributed by atoms with E-state index in [-0.39, 0.29) is 6.92 Å². The summed E-state index contributed by atoms with van der Waals surface area (Å²) in [5, 5.41) is 9.78. The molecule has 1 N–H and O–H groups in total. The van der Waals surface area contributed by atoms with Crippen LogP contribution >= 0.6 is 0 Å². The molecule has 0 bridgehead atoms. The molecule has 154 valence electrons. The molecule has 1 saturated carbocycles. The van der Waals surface area contributed by atoms with Gasteiger partial charge in [-0.2, -0.15) is 39.5 Å². The van der Waals surface area contributed by atoms with E-state index in [0.717, 1.165) is 6.26 Å². The second kappa shape index (κ2) is 6.79. The van der Waals surface area contributed by atoms with E-state index in [9.17, 15) is 44.6 Å². The Kier molecular flexibility index (Phi) is 5.99. The first kappa shape index (κ1) is 22.9. The van der Waals surface area contributed by atoms with E-state index in [1.54, 1.807) is 0 Å². The molecular formula is C15H19F9O2. The summed E-state index contributed by atoms with van der Waals surface area (Å²) < 4.78 is 124. The standard InChI is InChI=1S/C15H19F9O2/c1-4-26-10-6-8(11(2,13(16,17)18)14(19,20)21)5-9(7-10)12(3,25)15(22,23)24/h4,8-10,25H,1,5-7H2,2-3H3. The number of alkyl halides is 9. The summed E-state index contributed by atoms with van der Waals surface area (Å²) in [7, 11) is 0. The fraction of sp³-hybridized carbons (Fsp3) is 0.867. The third kappa shape index (κ3) is 3.91. The molecule has 26 heavy (non-hydrogen) atoms. The van der Waals surface area contributed by atoms with E-state index < -0.39 is 66.7 Å². The van der Waals surface area contributed by atoms with Crippen LogP contribution in [0.5, 0.6) is 0 Å². The number of hydrogen-bond acceptors (Lipinski definition) is 2. The van der Waals surface area contributed by atoms with Crippen LogP contribution in [-0.2, 0) is 4.74 Å². The van der Waals surface area contributed by atoms with Crippen molar-refractivity contribution >= 4 is 0 Å². The van der Waals surface area contributed by atoms with Crippen molar-refractivity contribution in [1.82, 2.24) is 0 Å². The number of aliphatic hydroxyl groups is 1. The normalized spacial score (nSPS) is 28.4. The Morgan fingerprint density at radius 1 is 0.808 bits per heavy atom. The first-order chi connectivity index (χ1) is 11.4. The van der Waals surface area contributed by atoms with Gasteiger partial charge in [0.25, 0.3) is 0 Å². The maximum absolute atomic E-state index is 13.3. The summed E-state index contributed by atoms with van der Waals surface area (Å²) in [4.78, 5) is 0. The molecule has 1 aliphatic carbocycles. The lowest BCUT2D eigenvalue weighted by Crippen LogP contribution is -2.58. The van der Waals surface area contributed by atoms with Gasteiger partial charge in [0.2, 0.25) is 0 Å². The molecule has 4 unspecified atom stereocenters. The molecule has 2 nitrogen and oxygen atoms in total. The van der Waals surface area contributed by atoms with Crippen LogP contribution in [0.15, 0.2) is 12.8 Å². The highest BCUT2D eigenvalue weighted by molar-refractivity contribution is 5.02. The van der Waals surface area contributed by atoms with Crippen molar-refractivity contribution < 1.29 is 49.4 Å². The fourth-order valence-corrected chi connectivity index (χ4v) is 3.30. The second-order valence-corrected chi connectivity index (χ2v) is 6.87. The highest BCUT2D eigenvalue weighted by atomic mass is 19.4. The van der Waals surface area contributed by atoms with Gasteiger partial charge in [-0.05, 0) is 39.0 Å². The van der Waals surface area contributed by atoms with Crippen molar-refractivity contribution in [1.29, 1.82) is 0 Å².